The first kappa shape index (κ1) is 15.8. The van der Waals surface area contributed by atoms with E-state index in [0.717, 1.165) is 15.2 Å². The first-order valence-corrected chi connectivity index (χ1v) is 6.32. The number of alkyl halides is 3. The molecule has 6 nitrogen and oxygen atoms in total. The summed E-state index contributed by atoms with van der Waals surface area (Å²) in [6.07, 6.45) is -4.20. The monoisotopic (exact) mass is 312 g/mol. The van der Waals surface area contributed by atoms with E-state index in [-0.39, 0.29) is 24.0 Å². The van der Waals surface area contributed by atoms with Crippen LogP contribution in [0.4, 0.5) is 13.2 Å². The van der Waals surface area contributed by atoms with Crippen molar-refractivity contribution in [3.05, 3.63) is 38.7 Å². The van der Waals surface area contributed by atoms with Crippen molar-refractivity contribution >= 4 is 11.0 Å². The van der Waals surface area contributed by atoms with Crippen molar-refractivity contribution in [2.75, 3.05) is 0 Å². The SMILES string of the molecule is Cn1c(=O)n(CCCC#N)c(=O)c2ccc(C(F)(F)F)nc21. The van der Waals surface area contributed by atoms with Crippen molar-refractivity contribution in [3.63, 3.8) is 0 Å². The van der Waals surface area contributed by atoms with Gasteiger partial charge in [-0.3, -0.25) is 13.9 Å². The van der Waals surface area contributed by atoms with Gasteiger partial charge in [-0.1, -0.05) is 0 Å². The van der Waals surface area contributed by atoms with Gasteiger partial charge in [0, 0.05) is 20.0 Å². The van der Waals surface area contributed by atoms with Gasteiger partial charge in [0.15, 0.2) is 0 Å². The third-order valence-electron chi connectivity index (χ3n) is 3.15. The molecule has 0 N–H and O–H groups in total. The zero-order valence-corrected chi connectivity index (χ0v) is 11.5. The zero-order valence-electron chi connectivity index (χ0n) is 11.5. The van der Waals surface area contributed by atoms with Crippen LogP contribution in [0.15, 0.2) is 21.7 Å². The fourth-order valence-electron chi connectivity index (χ4n) is 2.05. The highest BCUT2D eigenvalue weighted by Crippen LogP contribution is 2.28. The van der Waals surface area contributed by atoms with Gasteiger partial charge in [-0.15, -0.1) is 0 Å². The van der Waals surface area contributed by atoms with E-state index < -0.39 is 23.1 Å². The first-order chi connectivity index (χ1) is 10.3. The third kappa shape index (κ3) is 2.72. The summed E-state index contributed by atoms with van der Waals surface area (Å²) < 4.78 is 39.8. The van der Waals surface area contributed by atoms with Crippen molar-refractivity contribution in [3.8, 4) is 6.07 Å². The lowest BCUT2D eigenvalue weighted by Gasteiger charge is -2.11. The average molecular weight is 312 g/mol. The number of rotatable bonds is 3. The summed E-state index contributed by atoms with van der Waals surface area (Å²) in [5.41, 5.74) is -2.96. The maximum Gasteiger partial charge on any atom is 0.433 e. The Hall–Kier alpha value is -2.63. The molecule has 0 bridgehead atoms. The Labute approximate surface area is 122 Å². The van der Waals surface area contributed by atoms with E-state index in [0.29, 0.717) is 12.5 Å². The van der Waals surface area contributed by atoms with Crippen molar-refractivity contribution in [1.82, 2.24) is 14.1 Å². The van der Waals surface area contributed by atoms with Crippen LogP contribution in [-0.2, 0) is 19.8 Å². The molecule has 0 aliphatic heterocycles. The second kappa shape index (κ2) is 5.63. The maximum absolute atomic E-state index is 12.7. The van der Waals surface area contributed by atoms with E-state index in [1.807, 2.05) is 6.07 Å². The molecule has 0 saturated heterocycles. The van der Waals surface area contributed by atoms with E-state index in [2.05, 4.69) is 4.98 Å². The number of nitriles is 1. The molecule has 116 valence electrons. The fraction of sp³-hybridized carbons (Fsp3) is 0.385. The molecule has 0 atom stereocenters. The van der Waals surface area contributed by atoms with Crippen molar-refractivity contribution in [2.24, 2.45) is 7.05 Å². The van der Waals surface area contributed by atoms with Crippen LogP contribution in [0.25, 0.3) is 11.0 Å². The number of aromatic nitrogens is 3. The Morgan fingerprint density at radius 3 is 2.59 bits per heavy atom. The molecule has 0 saturated carbocycles. The topological polar surface area (TPSA) is 80.7 Å². The van der Waals surface area contributed by atoms with Crippen LogP contribution in [0.1, 0.15) is 18.5 Å². The van der Waals surface area contributed by atoms with Gasteiger partial charge < -0.3 is 0 Å². The third-order valence-corrected chi connectivity index (χ3v) is 3.15. The molecular weight excluding hydrogens is 301 g/mol. The van der Waals surface area contributed by atoms with Crippen LogP contribution in [0.5, 0.6) is 0 Å². The molecule has 0 radical (unpaired) electrons. The lowest BCUT2D eigenvalue weighted by molar-refractivity contribution is -0.141. The van der Waals surface area contributed by atoms with Gasteiger partial charge in [0.05, 0.1) is 11.5 Å². The van der Waals surface area contributed by atoms with Crippen LogP contribution >= 0.6 is 0 Å². The Kier molecular flexibility index (Phi) is 4.03. The summed E-state index contributed by atoms with van der Waals surface area (Å²) in [5, 5.41) is 8.40. The van der Waals surface area contributed by atoms with Gasteiger partial charge in [0.1, 0.15) is 11.3 Å². The predicted molar refractivity (Wildman–Crippen MR) is 71.1 cm³/mol. The molecule has 0 spiro atoms. The normalized spacial score (nSPS) is 11.6. The quantitative estimate of drug-likeness (QED) is 0.803. The minimum Gasteiger partial charge on any atom is -0.280 e. The summed E-state index contributed by atoms with van der Waals surface area (Å²) in [6.45, 7) is 0.0238. The van der Waals surface area contributed by atoms with E-state index >= 15 is 0 Å². The summed E-state index contributed by atoms with van der Waals surface area (Å²) >= 11 is 0. The molecule has 2 heterocycles. The number of hydrogen-bond acceptors (Lipinski definition) is 4. The summed E-state index contributed by atoms with van der Waals surface area (Å²) in [6, 6.07) is 3.60. The molecule has 0 amide bonds. The number of nitrogens with zero attached hydrogens (tertiary/aromatic N) is 4. The van der Waals surface area contributed by atoms with E-state index in [1.165, 1.54) is 7.05 Å². The molecule has 9 heteroatoms. The smallest absolute Gasteiger partial charge is 0.280 e. The van der Waals surface area contributed by atoms with E-state index in [9.17, 15) is 22.8 Å². The number of hydrogen-bond donors (Lipinski definition) is 0. The van der Waals surface area contributed by atoms with Crippen molar-refractivity contribution < 1.29 is 13.2 Å². The van der Waals surface area contributed by atoms with Crippen LogP contribution in [0, 0.1) is 11.3 Å². The molecule has 2 rings (SSSR count). The average Bonchev–Trinajstić information content (AvgIpc) is 2.47. The first-order valence-electron chi connectivity index (χ1n) is 6.32. The van der Waals surface area contributed by atoms with Crippen LogP contribution < -0.4 is 11.2 Å². The van der Waals surface area contributed by atoms with Gasteiger partial charge in [0.25, 0.3) is 5.56 Å². The minimum absolute atomic E-state index is 0.0238. The second-order valence-corrected chi connectivity index (χ2v) is 4.63. The molecular formula is C13H11F3N4O2. The molecule has 0 aromatic carbocycles. The highest BCUT2D eigenvalue weighted by molar-refractivity contribution is 5.74. The highest BCUT2D eigenvalue weighted by atomic mass is 19.4. The molecule has 0 aliphatic rings. The van der Waals surface area contributed by atoms with Gasteiger partial charge >= 0.3 is 11.9 Å². The molecule has 2 aromatic rings. The Balaban J connectivity index is 2.68. The van der Waals surface area contributed by atoms with Crippen LogP contribution in [0.2, 0.25) is 0 Å². The number of aryl methyl sites for hydroxylation is 1. The second-order valence-electron chi connectivity index (χ2n) is 4.63. The van der Waals surface area contributed by atoms with Crippen molar-refractivity contribution in [1.29, 1.82) is 5.26 Å². The van der Waals surface area contributed by atoms with Crippen molar-refractivity contribution in [2.45, 2.75) is 25.6 Å². The van der Waals surface area contributed by atoms with E-state index in [1.54, 1.807) is 0 Å². The predicted octanol–water partition coefficient (Wildman–Crippen LogP) is 1.42. The number of halogens is 3. The Morgan fingerprint density at radius 1 is 1.32 bits per heavy atom. The highest BCUT2D eigenvalue weighted by Gasteiger charge is 2.33. The fourth-order valence-corrected chi connectivity index (χ4v) is 2.05. The Bertz CT molecular complexity index is 874. The van der Waals surface area contributed by atoms with E-state index in [4.69, 9.17) is 5.26 Å². The lowest BCUT2D eigenvalue weighted by Crippen LogP contribution is -2.39. The van der Waals surface area contributed by atoms with Gasteiger partial charge in [0.2, 0.25) is 0 Å². The number of fused-ring (bicyclic) bond motifs is 1. The molecule has 0 fully saturated rings. The molecule has 0 aliphatic carbocycles. The molecule has 2 aromatic heterocycles. The number of pyridine rings is 1. The minimum atomic E-state index is -4.66. The maximum atomic E-state index is 12.7. The number of unbranched alkanes of at least 4 members (excludes halogenated alkanes) is 1. The van der Waals surface area contributed by atoms with Crippen LogP contribution in [0.3, 0.4) is 0 Å². The van der Waals surface area contributed by atoms with Crippen LogP contribution in [-0.4, -0.2) is 14.1 Å². The van der Waals surface area contributed by atoms with Gasteiger partial charge in [-0.25, -0.2) is 9.78 Å². The summed E-state index contributed by atoms with van der Waals surface area (Å²) in [7, 11) is 1.25. The molecule has 22 heavy (non-hydrogen) atoms. The summed E-state index contributed by atoms with van der Waals surface area (Å²) in [5.74, 6) is 0. The largest absolute Gasteiger partial charge is 0.433 e. The van der Waals surface area contributed by atoms with Gasteiger partial charge in [-0.2, -0.15) is 18.4 Å². The standard InChI is InChI=1S/C13H11F3N4O2/c1-19-10-8(4-5-9(18-10)13(14,15)16)11(21)20(12(19)22)7-3-2-6-17/h4-5H,2-3,7H2,1H3. The lowest BCUT2D eigenvalue weighted by atomic mass is 10.2. The van der Waals surface area contributed by atoms with Gasteiger partial charge in [-0.05, 0) is 18.6 Å². The Morgan fingerprint density at radius 2 is 2.00 bits per heavy atom. The zero-order chi connectivity index (χ0) is 16.5. The summed E-state index contributed by atoms with van der Waals surface area (Å²) in [4.78, 5) is 27.7. The molecule has 0 unspecified atom stereocenters.